The Labute approximate surface area is 371 Å². The summed E-state index contributed by atoms with van der Waals surface area (Å²) in [6.07, 6.45) is 0. The van der Waals surface area contributed by atoms with Crippen molar-refractivity contribution >= 4 is 65.6 Å². The van der Waals surface area contributed by atoms with Crippen LogP contribution in [0.3, 0.4) is 0 Å². The van der Waals surface area contributed by atoms with Crippen molar-refractivity contribution in [1.82, 2.24) is 9.13 Å². The van der Waals surface area contributed by atoms with Gasteiger partial charge in [-0.3, -0.25) is 0 Å². The van der Waals surface area contributed by atoms with Gasteiger partial charge in [-0.2, -0.15) is 5.26 Å². The molecule has 0 radical (unpaired) electrons. The minimum atomic E-state index is -0.0511. The zero-order chi connectivity index (χ0) is 44.5. The standard InChI is InChI=1S/C59H57N3O/c1-56(2,3)37-21-25-47-43(30-37)44-31-38(57(4,5)6)22-26-48(44)61(47)51-29-36(34-60)52-42-20-16-19-41(35-17-14-13-15-18-35)54(42)63-55(52)53(51)62-49-27-23-39(58(7,8)9)32-45(49)46-33-40(59(10,11)12)24-28-50(46)62/h13-33H,1-12H3. The molecule has 4 heteroatoms. The summed E-state index contributed by atoms with van der Waals surface area (Å²) in [6, 6.07) is 49.4. The highest BCUT2D eigenvalue weighted by molar-refractivity contribution is 6.18. The van der Waals surface area contributed by atoms with Crippen LogP contribution in [0.15, 0.2) is 132 Å². The molecule has 0 aliphatic rings. The molecule has 0 amide bonds. The van der Waals surface area contributed by atoms with Crippen LogP contribution in [0.2, 0.25) is 0 Å². The van der Waals surface area contributed by atoms with Crippen molar-refractivity contribution in [3.05, 3.63) is 155 Å². The van der Waals surface area contributed by atoms with Gasteiger partial charge >= 0.3 is 0 Å². The summed E-state index contributed by atoms with van der Waals surface area (Å²) < 4.78 is 12.2. The molecule has 10 rings (SSSR count). The van der Waals surface area contributed by atoms with Crippen LogP contribution in [-0.4, -0.2) is 9.13 Å². The van der Waals surface area contributed by atoms with E-state index in [1.807, 2.05) is 6.07 Å². The van der Waals surface area contributed by atoms with E-state index < -0.39 is 0 Å². The largest absolute Gasteiger partial charge is 0.453 e. The van der Waals surface area contributed by atoms with Gasteiger partial charge in [-0.1, -0.05) is 156 Å². The maximum Gasteiger partial charge on any atom is 0.162 e. The van der Waals surface area contributed by atoms with Gasteiger partial charge in [-0.15, -0.1) is 0 Å². The average Bonchev–Trinajstić information content (AvgIpc) is 3.89. The molecule has 3 aromatic heterocycles. The first-order valence-corrected chi connectivity index (χ1v) is 22.4. The SMILES string of the molecule is CC(C)(C)c1ccc2c(c1)c1cc(C(C)(C)C)ccc1n2-c1cc(C#N)c2c(oc3c(-c4ccccc4)cccc32)c1-n1c2ccc(C(C)(C)C)cc2c2cc(C(C)(C)C)ccc21. The Balaban J connectivity index is 1.45. The Kier molecular flexibility index (Phi) is 8.82. The summed E-state index contributed by atoms with van der Waals surface area (Å²) in [5.74, 6) is 0. The number of nitriles is 1. The molecule has 314 valence electrons. The van der Waals surface area contributed by atoms with Crippen LogP contribution in [0.1, 0.15) is 111 Å². The Morgan fingerprint density at radius 3 is 1.27 bits per heavy atom. The molecule has 0 saturated carbocycles. The molecule has 0 bridgehead atoms. The van der Waals surface area contributed by atoms with Gasteiger partial charge in [0, 0.05) is 37.9 Å². The van der Waals surface area contributed by atoms with Crippen LogP contribution in [0.4, 0.5) is 0 Å². The lowest BCUT2D eigenvalue weighted by molar-refractivity contribution is 0.590. The second kappa shape index (κ2) is 13.7. The molecule has 10 aromatic rings. The van der Waals surface area contributed by atoms with Crippen molar-refractivity contribution in [3.63, 3.8) is 0 Å². The van der Waals surface area contributed by atoms with E-state index in [0.29, 0.717) is 11.1 Å². The van der Waals surface area contributed by atoms with E-state index in [4.69, 9.17) is 4.42 Å². The lowest BCUT2D eigenvalue weighted by Crippen LogP contribution is -2.11. The highest BCUT2D eigenvalue weighted by atomic mass is 16.3. The van der Waals surface area contributed by atoms with Gasteiger partial charge in [0.25, 0.3) is 0 Å². The monoisotopic (exact) mass is 823 g/mol. The Morgan fingerprint density at radius 1 is 0.429 bits per heavy atom. The minimum Gasteiger partial charge on any atom is -0.453 e. The lowest BCUT2D eigenvalue weighted by atomic mass is 9.85. The molecule has 7 aromatic carbocycles. The number of hydrogen-bond acceptors (Lipinski definition) is 2. The van der Waals surface area contributed by atoms with Gasteiger partial charge in [-0.05, 0) is 104 Å². The molecule has 0 aliphatic carbocycles. The quantitative estimate of drug-likeness (QED) is 0.178. The highest BCUT2D eigenvalue weighted by Gasteiger charge is 2.30. The van der Waals surface area contributed by atoms with Crippen molar-refractivity contribution in [1.29, 1.82) is 5.26 Å². The van der Waals surface area contributed by atoms with Crippen LogP contribution in [0, 0.1) is 11.3 Å². The molecule has 4 nitrogen and oxygen atoms in total. The molecule has 0 atom stereocenters. The van der Waals surface area contributed by atoms with Gasteiger partial charge in [0.05, 0.1) is 39.4 Å². The topological polar surface area (TPSA) is 46.8 Å². The number of rotatable bonds is 3. The summed E-state index contributed by atoms with van der Waals surface area (Å²) in [7, 11) is 0. The van der Waals surface area contributed by atoms with Crippen molar-refractivity contribution in [2.75, 3.05) is 0 Å². The summed E-state index contributed by atoms with van der Waals surface area (Å²) in [5, 5.41) is 17.8. The van der Waals surface area contributed by atoms with Gasteiger partial charge in [0.2, 0.25) is 0 Å². The maximum absolute atomic E-state index is 11.3. The number of benzene rings is 7. The predicted octanol–water partition coefficient (Wildman–Crippen LogP) is 16.5. The molecule has 0 spiro atoms. The molecule has 0 saturated heterocycles. The zero-order valence-corrected chi connectivity index (χ0v) is 38.9. The maximum atomic E-state index is 11.3. The number of fused-ring (bicyclic) bond motifs is 9. The van der Waals surface area contributed by atoms with Crippen molar-refractivity contribution in [2.45, 2.75) is 105 Å². The van der Waals surface area contributed by atoms with Crippen LogP contribution >= 0.6 is 0 Å². The second-order valence-electron chi connectivity index (χ2n) is 21.9. The van der Waals surface area contributed by atoms with Gasteiger partial charge in [0.15, 0.2) is 5.58 Å². The van der Waals surface area contributed by atoms with Crippen LogP contribution in [-0.2, 0) is 21.7 Å². The van der Waals surface area contributed by atoms with E-state index in [1.54, 1.807) is 0 Å². The van der Waals surface area contributed by atoms with Gasteiger partial charge in [-0.25, -0.2) is 0 Å². The summed E-state index contributed by atoms with van der Waals surface area (Å²) in [6.45, 7) is 27.4. The average molecular weight is 824 g/mol. The number of furan rings is 1. The van der Waals surface area contributed by atoms with E-state index in [2.05, 4.69) is 220 Å². The Hall–Kier alpha value is -6.57. The molecular weight excluding hydrogens is 767 g/mol. The molecule has 0 fully saturated rings. The molecule has 0 unspecified atom stereocenters. The molecule has 0 aliphatic heterocycles. The summed E-state index contributed by atoms with van der Waals surface area (Å²) >= 11 is 0. The van der Waals surface area contributed by atoms with Crippen LogP contribution < -0.4 is 0 Å². The lowest BCUT2D eigenvalue weighted by Gasteiger charge is -2.21. The van der Waals surface area contributed by atoms with E-state index in [9.17, 15) is 5.26 Å². The first-order valence-electron chi connectivity index (χ1n) is 22.4. The highest BCUT2D eigenvalue weighted by Crippen LogP contribution is 2.48. The second-order valence-corrected chi connectivity index (χ2v) is 21.9. The predicted molar refractivity (Wildman–Crippen MR) is 267 cm³/mol. The van der Waals surface area contributed by atoms with Crippen molar-refractivity contribution < 1.29 is 4.42 Å². The summed E-state index contributed by atoms with van der Waals surface area (Å²) in [4.78, 5) is 0. The van der Waals surface area contributed by atoms with Crippen molar-refractivity contribution in [2.24, 2.45) is 0 Å². The van der Waals surface area contributed by atoms with Crippen molar-refractivity contribution in [3.8, 4) is 28.6 Å². The van der Waals surface area contributed by atoms with E-state index in [1.165, 1.54) is 43.8 Å². The normalized spacial score (nSPS) is 13.1. The van der Waals surface area contributed by atoms with E-state index in [-0.39, 0.29) is 21.7 Å². The molecule has 3 heterocycles. The third-order valence-corrected chi connectivity index (χ3v) is 13.4. The molecular formula is C59H57N3O. The molecule has 63 heavy (non-hydrogen) atoms. The number of hydrogen-bond donors (Lipinski definition) is 0. The number of para-hydroxylation sites is 1. The fraction of sp³-hybridized carbons (Fsp3) is 0.271. The molecule has 0 N–H and O–H groups in total. The fourth-order valence-electron chi connectivity index (χ4n) is 9.68. The Bertz CT molecular complexity index is 3390. The summed E-state index contributed by atoms with van der Waals surface area (Å²) in [5.41, 5.74) is 15.2. The zero-order valence-electron chi connectivity index (χ0n) is 38.9. The number of nitrogens with zero attached hydrogens (tertiary/aromatic N) is 3. The van der Waals surface area contributed by atoms with Crippen LogP contribution in [0.25, 0.3) is 88.1 Å². The first kappa shape index (κ1) is 40.5. The smallest absolute Gasteiger partial charge is 0.162 e. The Morgan fingerprint density at radius 2 is 0.857 bits per heavy atom. The third-order valence-electron chi connectivity index (χ3n) is 13.4. The van der Waals surface area contributed by atoms with Gasteiger partial charge < -0.3 is 13.6 Å². The fourth-order valence-corrected chi connectivity index (χ4v) is 9.68. The van der Waals surface area contributed by atoms with E-state index >= 15 is 0 Å². The van der Waals surface area contributed by atoms with Gasteiger partial charge in [0.1, 0.15) is 11.3 Å². The third kappa shape index (κ3) is 6.38. The van der Waals surface area contributed by atoms with E-state index in [0.717, 1.165) is 60.9 Å². The minimum absolute atomic E-state index is 0.0478. The van der Waals surface area contributed by atoms with Crippen LogP contribution in [0.5, 0.6) is 0 Å². The number of aromatic nitrogens is 2. The first-order chi connectivity index (χ1) is 29.7.